The summed E-state index contributed by atoms with van der Waals surface area (Å²) < 4.78 is 0. The fourth-order valence-electron chi connectivity index (χ4n) is 3.00. The van der Waals surface area contributed by atoms with Crippen molar-refractivity contribution in [3.63, 3.8) is 0 Å². The van der Waals surface area contributed by atoms with Crippen LogP contribution < -0.4 is 5.32 Å². The Balaban J connectivity index is 1.61. The topological polar surface area (TPSA) is 32.3 Å². The molecule has 0 saturated carbocycles. The summed E-state index contributed by atoms with van der Waals surface area (Å²) in [6.07, 6.45) is 2.85. The van der Waals surface area contributed by atoms with Crippen molar-refractivity contribution in [1.82, 2.24) is 4.90 Å². The molecule has 3 nitrogen and oxygen atoms in total. The van der Waals surface area contributed by atoms with Crippen LogP contribution in [0.1, 0.15) is 19.3 Å². The number of likely N-dealkylation sites (tertiary alicyclic amines) is 1. The zero-order valence-electron chi connectivity index (χ0n) is 14.1. The molecular weight excluding hydrogens is 316 g/mol. The highest BCUT2D eigenvalue weighted by atomic mass is 32.2. The lowest BCUT2D eigenvalue weighted by Crippen LogP contribution is -2.31. The second-order valence-electron chi connectivity index (χ2n) is 6.41. The fourth-order valence-corrected chi connectivity index (χ4v) is 3.93. The smallest absolute Gasteiger partial charge is 0.224 e. The minimum absolute atomic E-state index is 0.130. The minimum Gasteiger partial charge on any atom is -0.325 e. The number of amides is 1. The van der Waals surface area contributed by atoms with Crippen LogP contribution in [-0.2, 0) is 4.79 Å². The van der Waals surface area contributed by atoms with E-state index in [1.807, 2.05) is 36.4 Å². The van der Waals surface area contributed by atoms with Crippen LogP contribution in [0.3, 0.4) is 0 Å². The van der Waals surface area contributed by atoms with Crippen LogP contribution in [0.5, 0.6) is 0 Å². The molecule has 2 aromatic carbocycles. The van der Waals surface area contributed by atoms with Gasteiger partial charge in [-0.05, 0) is 63.2 Å². The average molecular weight is 340 g/mol. The number of anilines is 1. The maximum absolute atomic E-state index is 12.4. The van der Waals surface area contributed by atoms with Crippen LogP contribution in [0.15, 0.2) is 64.4 Å². The molecule has 0 unspecified atom stereocenters. The van der Waals surface area contributed by atoms with Gasteiger partial charge in [0.25, 0.3) is 0 Å². The number of nitrogens with zero attached hydrogens (tertiary/aromatic N) is 1. The van der Waals surface area contributed by atoms with Gasteiger partial charge in [-0.1, -0.05) is 42.1 Å². The van der Waals surface area contributed by atoms with E-state index < -0.39 is 0 Å². The van der Waals surface area contributed by atoms with E-state index in [1.165, 1.54) is 4.90 Å². The standard InChI is InChI=1S/C20H24N2OS/c1-22-13-11-16(12-14-22)15-20(23)21-18-9-5-6-10-19(18)24-17-7-3-2-4-8-17/h2-10,16H,11-15H2,1H3,(H,21,23). The number of piperidine rings is 1. The largest absolute Gasteiger partial charge is 0.325 e. The minimum atomic E-state index is 0.130. The van der Waals surface area contributed by atoms with Gasteiger partial charge in [-0.15, -0.1) is 0 Å². The molecule has 2 aromatic rings. The first-order valence-corrected chi connectivity index (χ1v) is 9.32. The van der Waals surface area contributed by atoms with E-state index in [4.69, 9.17) is 0 Å². The van der Waals surface area contributed by atoms with Gasteiger partial charge in [-0.3, -0.25) is 4.79 Å². The molecule has 0 radical (unpaired) electrons. The Hall–Kier alpha value is -1.78. The second kappa shape index (κ2) is 8.36. The zero-order chi connectivity index (χ0) is 16.8. The first-order valence-electron chi connectivity index (χ1n) is 8.51. The molecule has 0 atom stereocenters. The summed E-state index contributed by atoms with van der Waals surface area (Å²) in [5.41, 5.74) is 0.907. The predicted molar refractivity (Wildman–Crippen MR) is 100 cm³/mol. The van der Waals surface area contributed by atoms with Gasteiger partial charge in [0.1, 0.15) is 0 Å². The number of rotatable bonds is 5. The zero-order valence-corrected chi connectivity index (χ0v) is 14.9. The van der Waals surface area contributed by atoms with E-state index in [1.54, 1.807) is 11.8 Å². The highest BCUT2D eigenvalue weighted by Gasteiger charge is 2.20. The van der Waals surface area contributed by atoms with E-state index >= 15 is 0 Å². The molecule has 0 aromatic heterocycles. The third kappa shape index (κ3) is 4.86. The lowest BCUT2D eigenvalue weighted by Gasteiger charge is -2.28. The Morgan fingerprint density at radius 1 is 1.08 bits per heavy atom. The van der Waals surface area contributed by atoms with Crippen LogP contribution >= 0.6 is 11.8 Å². The maximum atomic E-state index is 12.4. The number of hydrogen-bond acceptors (Lipinski definition) is 3. The average Bonchev–Trinajstić information content (AvgIpc) is 2.60. The van der Waals surface area contributed by atoms with Gasteiger partial charge in [0.2, 0.25) is 5.91 Å². The van der Waals surface area contributed by atoms with Crippen molar-refractivity contribution in [1.29, 1.82) is 0 Å². The summed E-state index contributed by atoms with van der Waals surface area (Å²) in [6.45, 7) is 2.19. The van der Waals surface area contributed by atoms with Crippen molar-refractivity contribution in [3.8, 4) is 0 Å². The number of hydrogen-bond donors (Lipinski definition) is 1. The van der Waals surface area contributed by atoms with Crippen molar-refractivity contribution in [2.45, 2.75) is 29.1 Å². The lowest BCUT2D eigenvalue weighted by molar-refractivity contribution is -0.117. The number of para-hydroxylation sites is 1. The Kier molecular flexibility index (Phi) is 5.94. The number of benzene rings is 2. The fraction of sp³-hybridized carbons (Fsp3) is 0.350. The van der Waals surface area contributed by atoms with E-state index in [9.17, 15) is 4.79 Å². The van der Waals surface area contributed by atoms with E-state index in [-0.39, 0.29) is 5.91 Å². The molecule has 1 amide bonds. The highest BCUT2D eigenvalue weighted by molar-refractivity contribution is 7.99. The molecule has 3 rings (SSSR count). The Labute approximate surface area is 148 Å². The highest BCUT2D eigenvalue weighted by Crippen LogP contribution is 2.33. The van der Waals surface area contributed by atoms with Gasteiger partial charge in [0, 0.05) is 16.2 Å². The Morgan fingerprint density at radius 2 is 1.75 bits per heavy atom. The van der Waals surface area contributed by atoms with Crippen LogP contribution in [0.4, 0.5) is 5.69 Å². The summed E-state index contributed by atoms with van der Waals surface area (Å²) in [5, 5.41) is 3.12. The Morgan fingerprint density at radius 3 is 2.50 bits per heavy atom. The lowest BCUT2D eigenvalue weighted by atomic mass is 9.93. The van der Waals surface area contributed by atoms with Gasteiger partial charge >= 0.3 is 0 Å². The molecule has 1 fully saturated rings. The third-order valence-electron chi connectivity index (χ3n) is 4.44. The summed E-state index contributed by atoms with van der Waals surface area (Å²) >= 11 is 1.68. The number of carbonyl (C=O) groups excluding carboxylic acids is 1. The first kappa shape index (κ1) is 17.1. The van der Waals surface area contributed by atoms with Gasteiger partial charge in [-0.25, -0.2) is 0 Å². The summed E-state index contributed by atoms with van der Waals surface area (Å²) in [4.78, 5) is 17.0. The monoisotopic (exact) mass is 340 g/mol. The molecule has 0 spiro atoms. The van der Waals surface area contributed by atoms with Gasteiger partial charge in [0.15, 0.2) is 0 Å². The van der Waals surface area contributed by atoms with Crippen LogP contribution in [-0.4, -0.2) is 30.9 Å². The van der Waals surface area contributed by atoms with Gasteiger partial charge < -0.3 is 10.2 Å². The van der Waals surface area contributed by atoms with Gasteiger partial charge in [0.05, 0.1) is 5.69 Å². The molecule has 126 valence electrons. The number of carbonyl (C=O) groups is 1. The van der Waals surface area contributed by atoms with E-state index in [2.05, 4.69) is 35.5 Å². The van der Waals surface area contributed by atoms with Crippen molar-refractivity contribution in [2.24, 2.45) is 5.92 Å². The van der Waals surface area contributed by atoms with Gasteiger partial charge in [-0.2, -0.15) is 0 Å². The normalized spacial score (nSPS) is 16.0. The molecule has 4 heteroatoms. The predicted octanol–water partition coefficient (Wildman–Crippen LogP) is 4.51. The van der Waals surface area contributed by atoms with E-state index in [0.717, 1.165) is 36.5 Å². The Bertz CT molecular complexity index is 666. The summed E-state index contributed by atoms with van der Waals surface area (Å²) in [7, 11) is 2.15. The SMILES string of the molecule is CN1CCC(CC(=O)Nc2ccccc2Sc2ccccc2)CC1. The molecule has 1 aliphatic rings. The summed E-state index contributed by atoms with van der Waals surface area (Å²) in [6, 6.07) is 18.3. The van der Waals surface area contributed by atoms with Crippen molar-refractivity contribution in [3.05, 3.63) is 54.6 Å². The molecule has 1 N–H and O–H groups in total. The third-order valence-corrected chi connectivity index (χ3v) is 5.53. The quantitative estimate of drug-likeness (QED) is 0.869. The van der Waals surface area contributed by atoms with Crippen LogP contribution in [0, 0.1) is 5.92 Å². The van der Waals surface area contributed by atoms with E-state index in [0.29, 0.717) is 12.3 Å². The molecule has 0 bridgehead atoms. The van der Waals surface area contributed by atoms with Crippen molar-refractivity contribution >= 4 is 23.4 Å². The van der Waals surface area contributed by atoms with Crippen LogP contribution in [0.2, 0.25) is 0 Å². The first-order chi connectivity index (χ1) is 11.7. The van der Waals surface area contributed by atoms with Crippen LogP contribution in [0.25, 0.3) is 0 Å². The molecule has 1 aliphatic heterocycles. The second-order valence-corrected chi connectivity index (χ2v) is 7.53. The molecule has 0 aliphatic carbocycles. The van der Waals surface area contributed by atoms with Crippen molar-refractivity contribution < 1.29 is 4.79 Å². The summed E-state index contributed by atoms with van der Waals surface area (Å²) in [5.74, 6) is 0.640. The molecular formula is C20H24N2OS. The molecule has 1 heterocycles. The number of nitrogens with one attached hydrogen (secondary N) is 1. The van der Waals surface area contributed by atoms with Crippen molar-refractivity contribution in [2.75, 3.05) is 25.5 Å². The maximum Gasteiger partial charge on any atom is 0.224 e. The molecule has 1 saturated heterocycles. The molecule has 24 heavy (non-hydrogen) atoms.